The van der Waals surface area contributed by atoms with E-state index >= 15 is 0 Å². The Hall–Kier alpha value is -4.05. The fourth-order valence-corrected chi connectivity index (χ4v) is 4.69. The van der Waals surface area contributed by atoms with Crippen molar-refractivity contribution >= 4 is 15.7 Å². The minimum Gasteiger partial charge on any atom is -0.497 e. The van der Waals surface area contributed by atoms with Gasteiger partial charge < -0.3 is 23.9 Å². The number of oxazole rings is 1. The van der Waals surface area contributed by atoms with Gasteiger partial charge in [-0.15, -0.1) is 0 Å². The van der Waals surface area contributed by atoms with Crippen LogP contribution in [0.3, 0.4) is 0 Å². The van der Waals surface area contributed by atoms with Crippen molar-refractivity contribution in [2.75, 3.05) is 19.2 Å². The molecule has 3 aromatic carbocycles. The molecule has 8 nitrogen and oxygen atoms in total. The smallest absolute Gasteiger partial charge is 0.234 e. The summed E-state index contributed by atoms with van der Waals surface area (Å²) < 4.78 is 61.8. The highest BCUT2D eigenvalue weighted by atomic mass is 32.2. The minimum absolute atomic E-state index is 0.0344. The number of hydrogen-bond acceptors (Lipinski definition) is 8. The summed E-state index contributed by atoms with van der Waals surface area (Å²) in [5.74, 6) is 1.42. The minimum atomic E-state index is -4.10. The van der Waals surface area contributed by atoms with E-state index in [9.17, 15) is 12.8 Å². The zero-order valence-electron chi connectivity index (χ0n) is 17.9. The van der Waals surface area contributed by atoms with Crippen molar-refractivity contribution in [1.82, 2.24) is 4.98 Å². The quantitative estimate of drug-likeness (QED) is 0.380. The molecule has 5 rings (SSSR count). The SMILES string of the molecule is COc1ccc(-c2nc(S(=O)(=O)c3ccc(F)cc3)c(NCc3ccc4c(c3)OCO4)o2)cc1. The second kappa shape index (κ2) is 8.71. The number of aromatic nitrogens is 1. The molecular weight excluding hydrogens is 463 g/mol. The van der Waals surface area contributed by atoms with Gasteiger partial charge in [0, 0.05) is 12.1 Å². The van der Waals surface area contributed by atoms with Crippen LogP contribution in [0.15, 0.2) is 81.1 Å². The predicted molar refractivity (Wildman–Crippen MR) is 120 cm³/mol. The van der Waals surface area contributed by atoms with E-state index in [2.05, 4.69) is 10.3 Å². The maximum Gasteiger partial charge on any atom is 0.234 e. The summed E-state index contributed by atoms with van der Waals surface area (Å²) in [5.41, 5.74) is 1.38. The average molecular weight is 482 g/mol. The van der Waals surface area contributed by atoms with Gasteiger partial charge in [-0.25, -0.2) is 12.8 Å². The van der Waals surface area contributed by atoms with Crippen molar-refractivity contribution in [2.45, 2.75) is 16.5 Å². The number of benzene rings is 3. The Kier molecular flexibility index (Phi) is 5.58. The van der Waals surface area contributed by atoms with Crippen LogP contribution in [0.2, 0.25) is 0 Å². The summed E-state index contributed by atoms with van der Waals surface area (Å²) in [4.78, 5) is 4.18. The molecule has 0 bridgehead atoms. The normalized spacial score (nSPS) is 12.5. The van der Waals surface area contributed by atoms with Crippen molar-refractivity contribution in [1.29, 1.82) is 0 Å². The number of anilines is 1. The van der Waals surface area contributed by atoms with Crippen molar-refractivity contribution in [3.63, 3.8) is 0 Å². The number of fused-ring (bicyclic) bond motifs is 1. The van der Waals surface area contributed by atoms with E-state index in [1.165, 1.54) is 12.1 Å². The van der Waals surface area contributed by atoms with Gasteiger partial charge in [-0.2, -0.15) is 4.98 Å². The van der Waals surface area contributed by atoms with Crippen LogP contribution >= 0.6 is 0 Å². The van der Waals surface area contributed by atoms with Gasteiger partial charge in [0.15, 0.2) is 11.5 Å². The van der Waals surface area contributed by atoms with E-state index in [4.69, 9.17) is 18.6 Å². The number of halogens is 1. The monoisotopic (exact) mass is 482 g/mol. The fourth-order valence-electron chi connectivity index (χ4n) is 3.42. The lowest BCUT2D eigenvalue weighted by Gasteiger charge is -2.07. The van der Waals surface area contributed by atoms with E-state index in [1.54, 1.807) is 43.5 Å². The Bertz CT molecular complexity index is 1430. The maximum absolute atomic E-state index is 13.4. The molecule has 0 saturated carbocycles. The van der Waals surface area contributed by atoms with Gasteiger partial charge in [0.2, 0.25) is 33.4 Å². The average Bonchev–Trinajstić information content (AvgIpc) is 3.50. The summed E-state index contributed by atoms with van der Waals surface area (Å²) in [5, 5.41) is 2.72. The number of rotatable bonds is 7. The molecule has 34 heavy (non-hydrogen) atoms. The van der Waals surface area contributed by atoms with Crippen LogP contribution in [0, 0.1) is 5.82 Å². The summed E-state index contributed by atoms with van der Waals surface area (Å²) >= 11 is 0. The van der Waals surface area contributed by atoms with Gasteiger partial charge in [0.1, 0.15) is 11.6 Å². The molecule has 0 fully saturated rings. The topological polar surface area (TPSA) is 99.9 Å². The second-order valence-electron chi connectivity index (χ2n) is 7.38. The molecule has 4 aromatic rings. The molecule has 0 saturated heterocycles. The number of hydrogen-bond donors (Lipinski definition) is 1. The van der Waals surface area contributed by atoms with E-state index in [1.807, 2.05) is 6.07 Å². The first-order valence-electron chi connectivity index (χ1n) is 10.2. The highest BCUT2D eigenvalue weighted by Crippen LogP contribution is 2.35. The summed E-state index contributed by atoms with van der Waals surface area (Å²) in [7, 11) is -2.56. The summed E-state index contributed by atoms with van der Waals surface area (Å²) in [6.45, 7) is 0.388. The Morgan fingerprint density at radius 1 is 1.00 bits per heavy atom. The molecule has 10 heteroatoms. The number of ether oxygens (including phenoxy) is 3. The Labute approximate surface area is 194 Å². The largest absolute Gasteiger partial charge is 0.497 e. The van der Waals surface area contributed by atoms with Gasteiger partial charge in [-0.1, -0.05) is 6.07 Å². The van der Waals surface area contributed by atoms with E-state index in [0.29, 0.717) is 22.8 Å². The van der Waals surface area contributed by atoms with Crippen LogP contribution in [-0.4, -0.2) is 27.3 Å². The third kappa shape index (κ3) is 4.15. The molecule has 1 N–H and O–H groups in total. The lowest BCUT2D eigenvalue weighted by molar-refractivity contribution is 0.174. The highest BCUT2D eigenvalue weighted by molar-refractivity contribution is 7.91. The van der Waals surface area contributed by atoms with E-state index in [0.717, 1.165) is 17.7 Å². The third-order valence-electron chi connectivity index (χ3n) is 5.20. The third-order valence-corrected chi connectivity index (χ3v) is 6.88. The van der Waals surface area contributed by atoms with Gasteiger partial charge in [-0.05, 0) is 66.2 Å². The lowest BCUT2D eigenvalue weighted by Crippen LogP contribution is -2.07. The molecule has 1 aliphatic rings. The molecule has 0 unspecified atom stereocenters. The van der Waals surface area contributed by atoms with Gasteiger partial charge in [0.25, 0.3) is 0 Å². The van der Waals surface area contributed by atoms with Gasteiger partial charge in [0.05, 0.1) is 12.0 Å². The maximum atomic E-state index is 13.4. The Balaban J connectivity index is 1.51. The molecule has 0 atom stereocenters. The zero-order chi connectivity index (χ0) is 23.7. The van der Waals surface area contributed by atoms with Crippen LogP contribution in [0.5, 0.6) is 17.2 Å². The standard InChI is InChI=1S/C24H19FN2O6S/c1-30-18-7-3-16(4-8-18)22-27-24(34(28,29)19-9-5-17(25)6-10-19)23(33-22)26-13-15-2-11-20-21(12-15)32-14-31-20/h2-12,26H,13-14H2,1H3. The lowest BCUT2D eigenvalue weighted by atomic mass is 10.2. The fraction of sp³-hybridized carbons (Fsp3) is 0.125. The van der Waals surface area contributed by atoms with Crippen LogP contribution in [0.25, 0.3) is 11.5 Å². The van der Waals surface area contributed by atoms with Gasteiger partial charge >= 0.3 is 0 Å². The molecule has 0 amide bonds. The molecule has 2 heterocycles. The first-order chi connectivity index (χ1) is 16.4. The molecule has 1 aromatic heterocycles. The molecule has 0 radical (unpaired) electrons. The number of methoxy groups -OCH3 is 1. The van der Waals surface area contributed by atoms with Crippen molar-refractivity contribution in [2.24, 2.45) is 0 Å². The number of nitrogens with one attached hydrogen (secondary N) is 1. The molecular formula is C24H19FN2O6S. The second-order valence-corrected chi connectivity index (χ2v) is 9.25. The molecule has 174 valence electrons. The first kappa shape index (κ1) is 21.8. The van der Waals surface area contributed by atoms with E-state index < -0.39 is 15.7 Å². The zero-order valence-corrected chi connectivity index (χ0v) is 18.8. The number of nitrogens with zero attached hydrogens (tertiary/aromatic N) is 1. The summed E-state index contributed by atoms with van der Waals surface area (Å²) in [6, 6.07) is 16.8. The van der Waals surface area contributed by atoms with Gasteiger partial charge in [-0.3, -0.25) is 0 Å². The summed E-state index contributed by atoms with van der Waals surface area (Å²) in [6.07, 6.45) is 0. The predicted octanol–water partition coefficient (Wildman–Crippen LogP) is 4.66. The van der Waals surface area contributed by atoms with Crippen LogP contribution in [0.1, 0.15) is 5.56 Å². The van der Waals surface area contributed by atoms with Crippen LogP contribution in [0.4, 0.5) is 10.3 Å². The molecule has 0 spiro atoms. The Morgan fingerprint density at radius 3 is 2.47 bits per heavy atom. The number of sulfone groups is 1. The Morgan fingerprint density at radius 2 is 1.74 bits per heavy atom. The highest BCUT2D eigenvalue weighted by Gasteiger charge is 2.29. The van der Waals surface area contributed by atoms with Crippen LogP contribution < -0.4 is 19.5 Å². The van der Waals surface area contributed by atoms with Crippen LogP contribution in [-0.2, 0) is 16.4 Å². The first-order valence-corrected chi connectivity index (χ1v) is 11.7. The molecule has 1 aliphatic heterocycles. The van der Waals surface area contributed by atoms with Crippen molar-refractivity contribution < 1.29 is 31.4 Å². The van der Waals surface area contributed by atoms with E-state index in [-0.39, 0.29) is 35.0 Å². The van der Waals surface area contributed by atoms with Crippen molar-refractivity contribution in [3.05, 3.63) is 78.1 Å². The molecule has 0 aliphatic carbocycles. The van der Waals surface area contributed by atoms with Crippen molar-refractivity contribution in [3.8, 4) is 28.7 Å².